The van der Waals surface area contributed by atoms with Gasteiger partial charge in [0.1, 0.15) is 11.5 Å². The van der Waals surface area contributed by atoms with Crippen molar-refractivity contribution in [1.29, 1.82) is 0 Å². The summed E-state index contributed by atoms with van der Waals surface area (Å²) in [5.41, 5.74) is 0.106. The topological polar surface area (TPSA) is 55.8 Å². The van der Waals surface area contributed by atoms with E-state index in [1.54, 1.807) is 4.90 Å². The molecule has 6 heteroatoms. The van der Waals surface area contributed by atoms with Gasteiger partial charge in [0.2, 0.25) is 5.91 Å². The second kappa shape index (κ2) is 4.67. The molecule has 3 aliphatic heterocycles. The maximum absolute atomic E-state index is 12.9. The maximum Gasteiger partial charge on any atom is 0.312 e. The maximum atomic E-state index is 12.9. The zero-order valence-corrected chi connectivity index (χ0v) is 13.4. The summed E-state index contributed by atoms with van der Waals surface area (Å²) in [7, 11) is 1.34. The summed E-state index contributed by atoms with van der Waals surface area (Å²) in [5.74, 6) is -1.52. The van der Waals surface area contributed by atoms with E-state index in [1.165, 1.54) is 7.11 Å². The van der Waals surface area contributed by atoms with Gasteiger partial charge in [-0.05, 0) is 24.3 Å². The Labute approximate surface area is 136 Å². The number of fused-ring (bicyclic) bond motifs is 1. The molecule has 0 saturated carbocycles. The van der Waals surface area contributed by atoms with Crippen molar-refractivity contribution in [2.24, 2.45) is 11.8 Å². The molecule has 2 saturated heterocycles. The fourth-order valence-electron chi connectivity index (χ4n) is 3.74. The summed E-state index contributed by atoms with van der Waals surface area (Å²) < 4.78 is 11.8. The van der Waals surface area contributed by atoms with E-state index in [9.17, 15) is 9.59 Å². The molecule has 114 valence electrons. The predicted octanol–water partition coefficient (Wildman–Crippen LogP) is 1.91. The number of halogens is 1. The Kier molecular flexibility index (Phi) is 2.96. The van der Waals surface area contributed by atoms with E-state index in [1.807, 2.05) is 36.4 Å². The highest BCUT2D eigenvalue weighted by Crippen LogP contribution is 2.52. The number of rotatable bonds is 2. The predicted molar refractivity (Wildman–Crippen MR) is 82.2 cm³/mol. The van der Waals surface area contributed by atoms with E-state index in [0.29, 0.717) is 6.54 Å². The van der Waals surface area contributed by atoms with E-state index in [-0.39, 0.29) is 18.0 Å². The highest BCUT2D eigenvalue weighted by atomic mass is 79.9. The normalized spacial score (nSPS) is 35.1. The van der Waals surface area contributed by atoms with Gasteiger partial charge in [-0.25, -0.2) is 0 Å². The summed E-state index contributed by atoms with van der Waals surface area (Å²) in [6.07, 6.45) is 3.45. The average molecular weight is 364 g/mol. The first-order chi connectivity index (χ1) is 10.6. The van der Waals surface area contributed by atoms with Crippen LogP contribution in [0.25, 0.3) is 0 Å². The van der Waals surface area contributed by atoms with E-state index >= 15 is 0 Å². The zero-order chi connectivity index (χ0) is 15.5. The highest BCUT2D eigenvalue weighted by Gasteiger charge is 2.67. The van der Waals surface area contributed by atoms with Crippen LogP contribution < -0.4 is 4.90 Å². The van der Waals surface area contributed by atoms with Gasteiger partial charge >= 0.3 is 5.97 Å². The first-order valence-corrected chi connectivity index (χ1v) is 7.87. The van der Waals surface area contributed by atoms with E-state index in [0.717, 1.165) is 10.2 Å². The van der Waals surface area contributed by atoms with Gasteiger partial charge in [0.25, 0.3) is 0 Å². The Morgan fingerprint density at radius 3 is 2.82 bits per heavy atom. The molecular weight excluding hydrogens is 350 g/mol. The largest absolute Gasteiger partial charge is 0.469 e. The van der Waals surface area contributed by atoms with Gasteiger partial charge in [-0.2, -0.15) is 0 Å². The molecule has 0 aliphatic carbocycles. The minimum absolute atomic E-state index is 0.0791. The van der Waals surface area contributed by atoms with Crippen LogP contribution in [0.4, 0.5) is 5.69 Å². The van der Waals surface area contributed by atoms with Crippen LogP contribution >= 0.6 is 15.9 Å². The monoisotopic (exact) mass is 363 g/mol. The second-order valence-electron chi connectivity index (χ2n) is 5.82. The minimum atomic E-state index is -0.701. The standard InChI is InChI=1S/C16H14BrNO4/c1-21-15(20)12-11-6-7-16(22-11)8-18(14(19)13(12)16)10-4-2-9(17)3-5-10/h2-7,11-13H,8H2,1H3/t11-,12-,13-,16-/m0/s1. The lowest BCUT2D eigenvalue weighted by Crippen LogP contribution is -2.39. The number of hydrogen-bond acceptors (Lipinski definition) is 4. The number of hydrogen-bond donors (Lipinski definition) is 0. The number of carbonyl (C=O) groups excluding carboxylic acids is 2. The first kappa shape index (κ1) is 14.0. The summed E-state index contributed by atoms with van der Waals surface area (Å²) in [6.45, 7) is 0.429. The smallest absolute Gasteiger partial charge is 0.312 e. The van der Waals surface area contributed by atoms with Crippen LogP contribution in [-0.4, -0.2) is 37.2 Å². The number of anilines is 1. The van der Waals surface area contributed by atoms with Crippen molar-refractivity contribution in [2.75, 3.05) is 18.6 Å². The highest BCUT2D eigenvalue weighted by molar-refractivity contribution is 9.10. The molecule has 22 heavy (non-hydrogen) atoms. The van der Waals surface area contributed by atoms with Gasteiger partial charge < -0.3 is 14.4 Å². The number of ether oxygens (including phenoxy) is 2. The van der Waals surface area contributed by atoms with Crippen LogP contribution in [0.2, 0.25) is 0 Å². The molecule has 3 aliphatic rings. The molecule has 2 bridgehead atoms. The fourth-order valence-corrected chi connectivity index (χ4v) is 4.01. The van der Waals surface area contributed by atoms with Crippen LogP contribution in [0.1, 0.15) is 0 Å². The number of esters is 1. The van der Waals surface area contributed by atoms with Gasteiger partial charge in [-0.1, -0.05) is 28.1 Å². The average Bonchev–Trinajstić information content (AvgIpc) is 3.16. The third-order valence-electron chi connectivity index (χ3n) is 4.71. The Morgan fingerprint density at radius 1 is 1.41 bits per heavy atom. The lowest BCUT2D eigenvalue weighted by Gasteiger charge is -2.22. The van der Waals surface area contributed by atoms with Gasteiger partial charge in [0.15, 0.2) is 0 Å². The number of nitrogens with zero attached hydrogens (tertiary/aromatic N) is 1. The molecular formula is C16H14BrNO4. The molecule has 4 rings (SSSR count). The number of benzene rings is 1. The van der Waals surface area contributed by atoms with E-state index in [2.05, 4.69) is 15.9 Å². The lowest BCUT2D eigenvalue weighted by atomic mass is 9.77. The van der Waals surface area contributed by atoms with Crippen molar-refractivity contribution in [3.8, 4) is 0 Å². The molecule has 2 fully saturated rings. The molecule has 5 nitrogen and oxygen atoms in total. The SMILES string of the molecule is COC(=O)[C@H]1[C@@H]2C=C[C@@]3(CN(c4ccc(Br)cc4)C(=O)[C@H]13)O2. The van der Waals surface area contributed by atoms with E-state index in [4.69, 9.17) is 9.47 Å². The summed E-state index contributed by atoms with van der Waals surface area (Å²) >= 11 is 3.39. The Balaban J connectivity index is 1.71. The minimum Gasteiger partial charge on any atom is -0.469 e. The molecule has 0 radical (unpaired) electrons. The van der Waals surface area contributed by atoms with E-state index < -0.39 is 17.4 Å². The Bertz CT molecular complexity index is 686. The zero-order valence-electron chi connectivity index (χ0n) is 11.9. The van der Waals surface area contributed by atoms with Gasteiger partial charge in [-0.3, -0.25) is 9.59 Å². The lowest BCUT2D eigenvalue weighted by molar-refractivity contribution is -0.149. The number of methoxy groups -OCH3 is 1. The fraction of sp³-hybridized carbons (Fsp3) is 0.375. The molecule has 1 amide bonds. The second-order valence-corrected chi connectivity index (χ2v) is 6.74. The molecule has 0 N–H and O–H groups in total. The van der Waals surface area contributed by atoms with Crippen molar-refractivity contribution in [3.63, 3.8) is 0 Å². The third kappa shape index (κ3) is 1.74. The van der Waals surface area contributed by atoms with Crippen LogP contribution in [0.3, 0.4) is 0 Å². The van der Waals surface area contributed by atoms with Crippen molar-refractivity contribution in [2.45, 2.75) is 11.7 Å². The van der Waals surface area contributed by atoms with Crippen molar-refractivity contribution >= 4 is 33.5 Å². The Morgan fingerprint density at radius 2 is 2.14 bits per heavy atom. The summed E-state index contributed by atoms with van der Waals surface area (Å²) in [5, 5.41) is 0. The van der Waals surface area contributed by atoms with Crippen molar-refractivity contribution < 1.29 is 19.1 Å². The molecule has 0 unspecified atom stereocenters. The molecule has 4 atom stereocenters. The first-order valence-electron chi connectivity index (χ1n) is 7.08. The quantitative estimate of drug-likeness (QED) is 0.594. The van der Waals surface area contributed by atoms with Crippen LogP contribution in [0.15, 0.2) is 40.9 Å². The molecule has 1 aromatic rings. The van der Waals surface area contributed by atoms with Gasteiger partial charge in [0, 0.05) is 10.2 Å². The molecule has 3 heterocycles. The molecule has 1 spiro atoms. The molecule has 1 aromatic carbocycles. The number of amides is 1. The summed E-state index contributed by atoms with van der Waals surface area (Å²) in [4.78, 5) is 26.6. The van der Waals surface area contributed by atoms with Crippen LogP contribution in [-0.2, 0) is 19.1 Å². The van der Waals surface area contributed by atoms with Crippen molar-refractivity contribution in [1.82, 2.24) is 0 Å². The molecule has 0 aromatic heterocycles. The number of carbonyl (C=O) groups is 2. The van der Waals surface area contributed by atoms with Gasteiger partial charge in [-0.15, -0.1) is 0 Å². The summed E-state index contributed by atoms with van der Waals surface area (Å²) in [6, 6.07) is 7.53. The Hall–Kier alpha value is -1.66. The van der Waals surface area contributed by atoms with Crippen molar-refractivity contribution in [3.05, 3.63) is 40.9 Å². The third-order valence-corrected chi connectivity index (χ3v) is 5.24. The van der Waals surface area contributed by atoms with Crippen LogP contribution in [0.5, 0.6) is 0 Å². The van der Waals surface area contributed by atoms with Crippen LogP contribution in [0, 0.1) is 11.8 Å². The van der Waals surface area contributed by atoms with Gasteiger partial charge in [0.05, 0.1) is 25.7 Å².